The molecule has 0 spiro atoms. The van der Waals surface area contributed by atoms with Crippen molar-refractivity contribution in [2.75, 3.05) is 52.9 Å². The molecule has 2 aliphatic heterocycles. The summed E-state index contributed by atoms with van der Waals surface area (Å²) >= 11 is 0. The number of hydrogen-bond donors (Lipinski definition) is 0. The molecule has 4 aromatic rings. The van der Waals surface area contributed by atoms with Gasteiger partial charge in [-0.05, 0) is 44.5 Å². The van der Waals surface area contributed by atoms with Gasteiger partial charge in [0.1, 0.15) is 49.4 Å². The van der Waals surface area contributed by atoms with Crippen molar-refractivity contribution >= 4 is 0 Å². The Morgan fingerprint density at radius 1 is 0.286 bits per heavy atom. The van der Waals surface area contributed by atoms with Gasteiger partial charge in [-0.15, -0.1) is 0 Å². The first-order valence-electron chi connectivity index (χ1n) is 14.9. The molecule has 0 aromatic heterocycles. The maximum Gasteiger partial charge on any atom is 0.126 e. The second-order valence-electron chi connectivity index (χ2n) is 10.9. The second kappa shape index (κ2) is 12.5. The fraction of sp³-hybridized carbons (Fsp3) is 0.333. The molecule has 7 rings (SSSR count). The molecule has 0 saturated carbocycles. The van der Waals surface area contributed by atoms with E-state index in [0.29, 0.717) is 78.5 Å². The molecule has 0 N–H and O–H groups in total. The van der Waals surface area contributed by atoms with Crippen LogP contribution < -0.4 is 18.9 Å². The van der Waals surface area contributed by atoms with Crippen LogP contribution in [0.2, 0.25) is 0 Å². The van der Waals surface area contributed by atoms with Crippen LogP contribution in [-0.4, -0.2) is 52.9 Å². The van der Waals surface area contributed by atoms with Crippen LogP contribution in [0.4, 0.5) is 0 Å². The summed E-state index contributed by atoms with van der Waals surface area (Å²) < 4.78 is 37.8. The molecule has 6 heteroatoms. The highest BCUT2D eigenvalue weighted by Crippen LogP contribution is 2.39. The molecule has 216 valence electrons. The maximum atomic E-state index is 6.49. The topological polar surface area (TPSA) is 55.4 Å². The number of rotatable bonds is 0. The van der Waals surface area contributed by atoms with E-state index in [1.165, 1.54) is 0 Å². The molecule has 42 heavy (non-hydrogen) atoms. The van der Waals surface area contributed by atoms with Gasteiger partial charge in [0.15, 0.2) is 0 Å². The number of benzene rings is 4. The summed E-state index contributed by atoms with van der Waals surface area (Å²) in [4.78, 5) is 0. The summed E-state index contributed by atoms with van der Waals surface area (Å²) in [6.07, 6.45) is 2.77. The lowest BCUT2D eigenvalue weighted by Crippen LogP contribution is -2.17. The van der Waals surface area contributed by atoms with Crippen molar-refractivity contribution < 1.29 is 28.4 Å². The van der Waals surface area contributed by atoms with Crippen LogP contribution in [0.15, 0.2) is 72.8 Å². The molecule has 0 unspecified atom stereocenters. The highest BCUT2D eigenvalue weighted by molar-refractivity contribution is 5.56. The van der Waals surface area contributed by atoms with Crippen molar-refractivity contribution in [3.63, 3.8) is 0 Å². The number of hydrogen-bond acceptors (Lipinski definition) is 6. The SMILES string of the molecule is c1cc2c3c(c1)Cc1cccc4c1OCCOCCOc1c(cccc1Cc1cccc(c1OCCOCCO3)C2)C4. The summed E-state index contributed by atoms with van der Waals surface area (Å²) in [5.74, 6) is 3.67. The van der Waals surface area contributed by atoms with E-state index < -0.39 is 0 Å². The first-order chi connectivity index (χ1) is 20.8. The fourth-order valence-electron chi connectivity index (χ4n) is 6.24. The third kappa shape index (κ3) is 5.69. The minimum Gasteiger partial charge on any atom is -0.491 e. The normalized spacial score (nSPS) is 17.0. The van der Waals surface area contributed by atoms with Crippen LogP contribution >= 0.6 is 0 Å². The Labute approximate surface area is 247 Å². The molecule has 1 aliphatic carbocycles. The zero-order chi connectivity index (χ0) is 28.1. The molecule has 0 atom stereocenters. The third-order valence-corrected chi connectivity index (χ3v) is 8.13. The highest BCUT2D eigenvalue weighted by atomic mass is 16.6. The first-order valence-corrected chi connectivity index (χ1v) is 14.9. The standard InChI is InChI=1S/C36H36O6/c1-5-25-21-26-6-2-11-31-24-32-12-4-8-28-22-27-7-3-10-30(35(27)41-19-15-38-16-20-42-36(28)32)23-29(9-1)33(25)39-17-13-37-14-18-40-34(26)31/h1-12H,13-24H2. The molecule has 6 nitrogen and oxygen atoms in total. The van der Waals surface area contributed by atoms with Crippen LogP contribution in [0.1, 0.15) is 44.5 Å². The zero-order valence-corrected chi connectivity index (χ0v) is 23.9. The molecular weight excluding hydrogens is 528 g/mol. The minimum atomic E-state index is 0.481. The lowest BCUT2D eigenvalue weighted by Gasteiger charge is -2.24. The average molecular weight is 565 g/mol. The van der Waals surface area contributed by atoms with Crippen molar-refractivity contribution in [3.8, 4) is 23.0 Å². The minimum absolute atomic E-state index is 0.481. The molecule has 0 radical (unpaired) electrons. The van der Waals surface area contributed by atoms with Gasteiger partial charge in [0.2, 0.25) is 0 Å². The van der Waals surface area contributed by atoms with Crippen LogP contribution in [0.25, 0.3) is 0 Å². The predicted octanol–water partition coefficient (Wildman–Crippen LogP) is 5.94. The Balaban J connectivity index is 1.46. The van der Waals surface area contributed by atoms with Crippen molar-refractivity contribution in [2.24, 2.45) is 0 Å². The summed E-state index contributed by atoms with van der Waals surface area (Å²) in [5.41, 5.74) is 9.04. The molecular formula is C36H36O6. The smallest absolute Gasteiger partial charge is 0.126 e. The summed E-state index contributed by atoms with van der Waals surface area (Å²) in [5, 5.41) is 0. The lowest BCUT2D eigenvalue weighted by molar-refractivity contribution is 0.0744. The Hall–Kier alpha value is -4.00. The predicted molar refractivity (Wildman–Crippen MR) is 161 cm³/mol. The van der Waals surface area contributed by atoms with Crippen LogP contribution in [0.5, 0.6) is 23.0 Å². The molecule has 4 aromatic carbocycles. The fourth-order valence-corrected chi connectivity index (χ4v) is 6.24. The van der Waals surface area contributed by atoms with E-state index in [0.717, 1.165) is 67.5 Å². The highest BCUT2D eigenvalue weighted by Gasteiger charge is 2.22. The van der Waals surface area contributed by atoms with Gasteiger partial charge in [0.05, 0.1) is 26.4 Å². The zero-order valence-electron chi connectivity index (χ0n) is 23.9. The summed E-state index contributed by atoms with van der Waals surface area (Å²) in [6.45, 7) is 3.94. The Kier molecular flexibility index (Phi) is 7.98. The van der Waals surface area contributed by atoms with Crippen LogP contribution in [0, 0.1) is 0 Å². The van der Waals surface area contributed by atoms with E-state index in [-0.39, 0.29) is 0 Å². The van der Waals surface area contributed by atoms with Crippen molar-refractivity contribution in [2.45, 2.75) is 25.7 Å². The van der Waals surface area contributed by atoms with Gasteiger partial charge in [0, 0.05) is 25.7 Å². The monoisotopic (exact) mass is 564 g/mol. The molecule has 0 amide bonds. The van der Waals surface area contributed by atoms with E-state index >= 15 is 0 Å². The van der Waals surface area contributed by atoms with E-state index in [4.69, 9.17) is 28.4 Å². The van der Waals surface area contributed by atoms with E-state index in [2.05, 4.69) is 72.8 Å². The van der Waals surface area contributed by atoms with Crippen molar-refractivity contribution in [3.05, 3.63) is 117 Å². The third-order valence-electron chi connectivity index (χ3n) is 8.13. The second-order valence-corrected chi connectivity index (χ2v) is 10.9. The van der Waals surface area contributed by atoms with Crippen molar-refractivity contribution in [1.82, 2.24) is 0 Å². The largest absolute Gasteiger partial charge is 0.491 e. The Bertz CT molecular complexity index is 1330. The maximum absolute atomic E-state index is 6.49. The van der Waals surface area contributed by atoms with Crippen LogP contribution in [0.3, 0.4) is 0 Å². The van der Waals surface area contributed by atoms with Gasteiger partial charge in [-0.3, -0.25) is 0 Å². The van der Waals surface area contributed by atoms with Crippen molar-refractivity contribution in [1.29, 1.82) is 0 Å². The van der Waals surface area contributed by atoms with E-state index in [1.807, 2.05) is 0 Å². The van der Waals surface area contributed by atoms with Gasteiger partial charge >= 0.3 is 0 Å². The molecule has 3 aliphatic rings. The summed E-state index contributed by atoms with van der Waals surface area (Å²) in [7, 11) is 0. The van der Waals surface area contributed by atoms with Gasteiger partial charge in [-0.2, -0.15) is 0 Å². The number of ether oxygens (including phenoxy) is 6. The van der Waals surface area contributed by atoms with Crippen LogP contribution in [-0.2, 0) is 35.2 Å². The quantitative estimate of drug-likeness (QED) is 0.232. The first kappa shape index (κ1) is 26.9. The lowest BCUT2D eigenvalue weighted by atomic mass is 9.91. The number of para-hydroxylation sites is 4. The van der Waals surface area contributed by atoms with Gasteiger partial charge in [-0.25, -0.2) is 0 Å². The average Bonchev–Trinajstić information content (AvgIpc) is 2.98. The van der Waals surface area contributed by atoms with E-state index in [1.54, 1.807) is 0 Å². The molecule has 12 bridgehead atoms. The summed E-state index contributed by atoms with van der Waals surface area (Å²) in [6, 6.07) is 25.8. The molecule has 0 fully saturated rings. The van der Waals surface area contributed by atoms with Gasteiger partial charge in [-0.1, -0.05) is 72.8 Å². The molecule has 2 heterocycles. The Morgan fingerprint density at radius 2 is 0.500 bits per heavy atom. The van der Waals surface area contributed by atoms with E-state index in [9.17, 15) is 0 Å². The van der Waals surface area contributed by atoms with Gasteiger partial charge in [0.25, 0.3) is 0 Å². The van der Waals surface area contributed by atoms with Gasteiger partial charge < -0.3 is 28.4 Å². The molecule has 0 saturated heterocycles. The Morgan fingerprint density at radius 3 is 0.714 bits per heavy atom.